The van der Waals surface area contributed by atoms with Crippen molar-refractivity contribution in [2.24, 2.45) is 5.92 Å². The molecule has 0 aliphatic carbocycles. The quantitative estimate of drug-likeness (QED) is 0.436. The van der Waals surface area contributed by atoms with Crippen molar-refractivity contribution in [2.75, 3.05) is 0 Å². The molecule has 1 aromatic heterocycles. The molecule has 6 heteroatoms. The van der Waals surface area contributed by atoms with E-state index in [4.69, 9.17) is 4.74 Å². The van der Waals surface area contributed by atoms with Gasteiger partial charge < -0.3 is 4.74 Å². The molecule has 162 valence electrons. The van der Waals surface area contributed by atoms with Gasteiger partial charge in [0, 0.05) is 17.5 Å². The van der Waals surface area contributed by atoms with Crippen molar-refractivity contribution < 1.29 is 14.3 Å². The SMILES string of the molecule is Cc1cc(C)c(C(=O)[C@H](C)OC(=O)c2nn(CC(C)C)c(=O)c3ccccc23)cc1C. The Morgan fingerprint density at radius 1 is 0.968 bits per heavy atom. The Hall–Kier alpha value is -3.28. The number of carbonyl (C=O) groups is 2. The molecule has 0 unspecified atom stereocenters. The number of nitrogens with zero attached hydrogens (tertiary/aromatic N) is 2. The van der Waals surface area contributed by atoms with E-state index >= 15 is 0 Å². The van der Waals surface area contributed by atoms with Crippen LogP contribution in [0.5, 0.6) is 0 Å². The fourth-order valence-electron chi connectivity index (χ4n) is 3.57. The normalized spacial score (nSPS) is 12.2. The number of benzene rings is 2. The summed E-state index contributed by atoms with van der Waals surface area (Å²) in [7, 11) is 0. The third kappa shape index (κ3) is 4.58. The number of rotatable bonds is 6. The second kappa shape index (κ2) is 8.84. The van der Waals surface area contributed by atoms with Gasteiger partial charge in [0.05, 0.1) is 5.39 Å². The van der Waals surface area contributed by atoms with Gasteiger partial charge in [-0.05, 0) is 62.4 Å². The van der Waals surface area contributed by atoms with E-state index in [2.05, 4.69) is 5.10 Å². The predicted octanol–water partition coefficient (Wildman–Crippen LogP) is 4.41. The van der Waals surface area contributed by atoms with Crippen LogP contribution >= 0.6 is 0 Å². The van der Waals surface area contributed by atoms with Gasteiger partial charge in [-0.15, -0.1) is 0 Å². The first kappa shape index (κ1) is 22.4. The molecular formula is C25H28N2O4. The minimum atomic E-state index is -0.987. The van der Waals surface area contributed by atoms with Gasteiger partial charge in [0.25, 0.3) is 5.56 Å². The van der Waals surface area contributed by atoms with Gasteiger partial charge in [0.15, 0.2) is 11.8 Å². The average molecular weight is 421 g/mol. The molecule has 0 amide bonds. The topological polar surface area (TPSA) is 78.3 Å². The molecule has 6 nitrogen and oxygen atoms in total. The second-order valence-corrected chi connectivity index (χ2v) is 8.44. The summed E-state index contributed by atoms with van der Waals surface area (Å²) >= 11 is 0. The smallest absolute Gasteiger partial charge is 0.360 e. The number of carbonyl (C=O) groups excluding carboxylic acids is 2. The molecule has 0 radical (unpaired) electrons. The average Bonchev–Trinajstić information content (AvgIpc) is 2.71. The molecule has 3 rings (SSSR count). The number of fused-ring (bicyclic) bond motifs is 1. The number of ketones is 1. The lowest BCUT2D eigenvalue weighted by molar-refractivity contribution is 0.0312. The van der Waals surface area contributed by atoms with Crippen molar-refractivity contribution in [3.8, 4) is 0 Å². The van der Waals surface area contributed by atoms with E-state index in [0.29, 0.717) is 22.9 Å². The van der Waals surface area contributed by atoms with E-state index in [1.807, 2.05) is 46.8 Å². The van der Waals surface area contributed by atoms with Crippen LogP contribution in [0.25, 0.3) is 10.8 Å². The van der Waals surface area contributed by atoms with Gasteiger partial charge in [-0.3, -0.25) is 9.59 Å². The van der Waals surface area contributed by atoms with Gasteiger partial charge in [0.1, 0.15) is 0 Å². The van der Waals surface area contributed by atoms with Crippen LogP contribution in [0, 0.1) is 26.7 Å². The van der Waals surface area contributed by atoms with Crippen LogP contribution in [0.3, 0.4) is 0 Å². The molecule has 0 aliphatic heterocycles. The number of esters is 1. The molecule has 0 aliphatic rings. The number of Topliss-reactive ketones (excluding diaryl/α,β-unsaturated/α-hetero) is 1. The van der Waals surface area contributed by atoms with Crippen LogP contribution < -0.4 is 5.56 Å². The van der Waals surface area contributed by atoms with E-state index in [0.717, 1.165) is 16.7 Å². The van der Waals surface area contributed by atoms with Crippen molar-refractivity contribution in [2.45, 2.75) is 54.2 Å². The molecule has 0 spiro atoms. The maximum Gasteiger partial charge on any atom is 0.360 e. The predicted molar refractivity (Wildman–Crippen MR) is 121 cm³/mol. The molecular weight excluding hydrogens is 392 g/mol. The third-order valence-corrected chi connectivity index (χ3v) is 5.36. The largest absolute Gasteiger partial charge is 0.449 e. The van der Waals surface area contributed by atoms with Crippen molar-refractivity contribution in [3.63, 3.8) is 0 Å². The van der Waals surface area contributed by atoms with Gasteiger partial charge >= 0.3 is 5.97 Å². The van der Waals surface area contributed by atoms with Gasteiger partial charge in [-0.2, -0.15) is 5.10 Å². The van der Waals surface area contributed by atoms with Gasteiger partial charge in [0.2, 0.25) is 5.78 Å². The summed E-state index contributed by atoms with van der Waals surface area (Å²) in [6, 6.07) is 10.6. The highest BCUT2D eigenvalue weighted by Crippen LogP contribution is 2.20. The summed E-state index contributed by atoms with van der Waals surface area (Å²) < 4.78 is 6.81. The number of aromatic nitrogens is 2. The number of hydrogen-bond donors (Lipinski definition) is 0. The first-order valence-electron chi connectivity index (χ1n) is 10.4. The molecule has 1 heterocycles. The highest BCUT2D eigenvalue weighted by molar-refractivity contribution is 6.05. The first-order valence-corrected chi connectivity index (χ1v) is 10.4. The zero-order chi connectivity index (χ0) is 22.9. The second-order valence-electron chi connectivity index (χ2n) is 8.44. The highest BCUT2D eigenvalue weighted by Gasteiger charge is 2.25. The Balaban J connectivity index is 1.96. The number of aryl methyl sites for hydroxylation is 3. The lowest BCUT2D eigenvalue weighted by Crippen LogP contribution is -2.30. The Morgan fingerprint density at radius 3 is 2.23 bits per heavy atom. The first-order chi connectivity index (χ1) is 14.6. The van der Waals surface area contributed by atoms with Crippen molar-refractivity contribution in [3.05, 3.63) is 74.7 Å². The summed E-state index contributed by atoms with van der Waals surface area (Å²) in [6.45, 7) is 11.7. The van der Waals surface area contributed by atoms with E-state index in [1.165, 1.54) is 4.68 Å². The van der Waals surface area contributed by atoms with Crippen LogP contribution in [0.4, 0.5) is 0 Å². The van der Waals surface area contributed by atoms with E-state index in [9.17, 15) is 14.4 Å². The molecule has 3 aromatic rings. The molecule has 0 N–H and O–H groups in total. The minimum absolute atomic E-state index is 0.0345. The number of hydrogen-bond acceptors (Lipinski definition) is 5. The molecule has 31 heavy (non-hydrogen) atoms. The zero-order valence-corrected chi connectivity index (χ0v) is 18.9. The maximum atomic E-state index is 13.0. The summed E-state index contributed by atoms with van der Waals surface area (Å²) in [5.74, 6) is -0.826. The summed E-state index contributed by atoms with van der Waals surface area (Å²) in [6.07, 6.45) is -0.987. The monoisotopic (exact) mass is 420 g/mol. The van der Waals surface area contributed by atoms with Crippen LogP contribution in [0.1, 0.15) is 58.3 Å². The van der Waals surface area contributed by atoms with Crippen LogP contribution in [0.2, 0.25) is 0 Å². The summed E-state index contributed by atoms with van der Waals surface area (Å²) in [5.41, 5.74) is 3.25. The van der Waals surface area contributed by atoms with Crippen LogP contribution in [-0.2, 0) is 11.3 Å². The molecule has 0 saturated carbocycles. The van der Waals surface area contributed by atoms with E-state index in [1.54, 1.807) is 31.2 Å². The summed E-state index contributed by atoms with van der Waals surface area (Å²) in [5, 5.41) is 5.10. The zero-order valence-electron chi connectivity index (χ0n) is 18.9. The fraction of sp³-hybridized carbons (Fsp3) is 0.360. The highest BCUT2D eigenvalue weighted by atomic mass is 16.5. The van der Waals surface area contributed by atoms with Crippen molar-refractivity contribution in [1.82, 2.24) is 9.78 Å². The fourth-order valence-corrected chi connectivity index (χ4v) is 3.57. The van der Waals surface area contributed by atoms with Crippen molar-refractivity contribution in [1.29, 1.82) is 0 Å². The van der Waals surface area contributed by atoms with Crippen LogP contribution in [0.15, 0.2) is 41.2 Å². The Kier molecular flexibility index (Phi) is 6.39. The Morgan fingerprint density at radius 2 is 1.58 bits per heavy atom. The molecule has 0 bridgehead atoms. The van der Waals surface area contributed by atoms with Crippen molar-refractivity contribution >= 4 is 22.5 Å². The van der Waals surface area contributed by atoms with E-state index in [-0.39, 0.29) is 23.0 Å². The maximum absolute atomic E-state index is 13.0. The Labute approximate surface area is 181 Å². The van der Waals surface area contributed by atoms with Gasteiger partial charge in [-0.25, -0.2) is 9.48 Å². The lowest BCUT2D eigenvalue weighted by Gasteiger charge is -2.16. The molecule has 1 atom stereocenters. The van der Waals surface area contributed by atoms with E-state index < -0.39 is 12.1 Å². The van der Waals surface area contributed by atoms with Gasteiger partial charge in [-0.1, -0.05) is 38.1 Å². The third-order valence-electron chi connectivity index (χ3n) is 5.36. The molecule has 2 aromatic carbocycles. The summed E-state index contributed by atoms with van der Waals surface area (Å²) in [4.78, 5) is 38.7. The number of ether oxygens (including phenoxy) is 1. The molecule has 0 fully saturated rings. The lowest BCUT2D eigenvalue weighted by atomic mass is 9.96. The van der Waals surface area contributed by atoms with Crippen LogP contribution in [-0.4, -0.2) is 27.6 Å². The standard InChI is InChI=1S/C25H28N2O4/c1-14(2)13-27-24(29)20-10-8-7-9-19(20)22(26-27)25(30)31-18(6)23(28)21-12-16(4)15(3)11-17(21)5/h7-12,14,18H,13H2,1-6H3/t18-/m0/s1. The minimum Gasteiger partial charge on any atom is -0.449 e. The molecule has 0 saturated heterocycles. The Bertz CT molecular complexity index is 1220.